The summed E-state index contributed by atoms with van der Waals surface area (Å²) >= 11 is 0. The van der Waals surface area contributed by atoms with Crippen molar-refractivity contribution in [2.45, 2.75) is 65.1 Å². The monoisotopic (exact) mass is 337 g/mol. The fourth-order valence-electron chi connectivity index (χ4n) is 1.67. The van der Waals surface area contributed by atoms with Crippen LogP contribution < -0.4 is 5.32 Å². The lowest BCUT2D eigenvalue weighted by Crippen LogP contribution is -2.46. The molecule has 0 heterocycles. The first-order valence-electron chi connectivity index (χ1n) is 7.89. The van der Waals surface area contributed by atoms with Gasteiger partial charge in [-0.1, -0.05) is 52.2 Å². The first kappa shape index (κ1) is 21.5. The average molecular weight is 337 g/mol. The number of carbonyl (C=O) groups excluding carboxylic acids is 2. The summed E-state index contributed by atoms with van der Waals surface area (Å²) in [7, 11) is 0. The number of ether oxygens (including phenoxy) is 1. The highest BCUT2D eigenvalue weighted by atomic mass is 19.4. The average Bonchev–Trinajstić information content (AvgIpc) is 2.45. The van der Waals surface area contributed by atoms with Crippen LogP contribution in [0.15, 0.2) is 12.2 Å². The molecule has 0 aromatic rings. The van der Waals surface area contributed by atoms with E-state index < -0.39 is 24.1 Å². The van der Waals surface area contributed by atoms with Crippen LogP contribution in [-0.4, -0.2) is 30.7 Å². The molecule has 0 saturated carbocycles. The number of hydrogen-bond acceptors (Lipinski definition) is 3. The Morgan fingerprint density at radius 1 is 1.17 bits per heavy atom. The number of carbonyl (C=O) groups is 2. The van der Waals surface area contributed by atoms with Crippen LogP contribution in [-0.2, 0) is 14.3 Å². The Bertz CT molecular complexity index is 393. The van der Waals surface area contributed by atoms with E-state index >= 15 is 0 Å². The Hall–Kier alpha value is -1.53. The molecule has 23 heavy (non-hydrogen) atoms. The molecule has 0 aliphatic heterocycles. The molecule has 0 aliphatic carbocycles. The van der Waals surface area contributed by atoms with Crippen molar-refractivity contribution < 1.29 is 27.5 Å². The van der Waals surface area contributed by atoms with E-state index in [0.29, 0.717) is 6.42 Å². The van der Waals surface area contributed by atoms with Gasteiger partial charge in [0.1, 0.15) is 6.04 Å². The maximum atomic E-state index is 12.3. The van der Waals surface area contributed by atoms with Crippen LogP contribution in [0.4, 0.5) is 13.2 Å². The van der Waals surface area contributed by atoms with Gasteiger partial charge in [0.05, 0.1) is 6.61 Å². The number of rotatable bonds is 10. The highest BCUT2D eigenvalue weighted by molar-refractivity contribution is 5.88. The normalized spacial score (nSPS) is 13.3. The number of esters is 1. The van der Waals surface area contributed by atoms with Crippen molar-refractivity contribution >= 4 is 11.9 Å². The molecule has 7 heteroatoms. The van der Waals surface area contributed by atoms with E-state index in [1.165, 1.54) is 6.08 Å². The maximum absolute atomic E-state index is 12.3. The van der Waals surface area contributed by atoms with E-state index in [4.69, 9.17) is 4.74 Å². The highest BCUT2D eigenvalue weighted by Crippen LogP contribution is 2.15. The standard InChI is InChI=1S/C16H26F3NO3/c1-4-5-6-7-8-9-10-13(14(21)23-11-12(2)3)20-15(22)16(17,18)19/h9-10,12-13H,4-8,11H2,1-3H3,(H,20,22)/b10-9-. The molecule has 0 aromatic carbocycles. The van der Waals surface area contributed by atoms with E-state index in [0.717, 1.165) is 25.7 Å². The second kappa shape index (κ2) is 11.1. The molecule has 0 fully saturated rings. The van der Waals surface area contributed by atoms with Crippen LogP contribution in [0.3, 0.4) is 0 Å². The minimum absolute atomic E-state index is 0.0518. The summed E-state index contributed by atoms with van der Waals surface area (Å²) in [5, 5.41) is 1.66. The van der Waals surface area contributed by atoms with Crippen LogP contribution in [0.1, 0.15) is 52.9 Å². The largest absolute Gasteiger partial charge is 0.471 e. The molecule has 0 aliphatic rings. The smallest absolute Gasteiger partial charge is 0.464 e. The zero-order chi connectivity index (χ0) is 17.9. The van der Waals surface area contributed by atoms with Gasteiger partial charge in [-0.25, -0.2) is 4.79 Å². The third-order valence-corrected chi connectivity index (χ3v) is 2.91. The van der Waals surface area contributed by atoms with Crippen molar-refractivity contribution in [3.63, 3.8) is 0 Å². The summed E-state index contributed by atoms with van der Waals surface area (Å²) in [5.74, 6) is -2.99. The van der Waals surface area contributed by atoms with E-state index in [1.807, 2.05) is 0 Å². The first-order valence-corrected chi connectivity index (χ1v) is 7.89. The van der Waals surface area contributed by atoms with Crippen LogP contribution in [0, 0.1) is 5.92 Å². The quantitative estimate of drug-likeness (QED) is 0.375. The minimum atomic E-state index is -5.04. The zero-order valence-electron chi connectivity index (χ0n) is 13.9. The molecular weight excluding hydrogens is 311 g/mol. The number of allylic oxidation sites excluding steroid dienone is 1. The fourth-order valence-corrected chi connectivity index (χ4v) is 1.67. The summed E-state index contributed by atoms with van der Waals surface area (Å²) < 4.78 is 41.9. The highest BCUT2D eigenvalue weighted by Gasteiger charge is 2.40. The molecule has 0 aromatic heterocycles. The van der Waals surface area contributed by atoms with Gasteiger partial charge in [0.15, 0.2) is 0 Å². The topological polar surface area (TPSA) is 55.4 Å². The number of nitrogens with one attached hydrogen (secondary N) is 1. The van der Waals surface area contributed by atoms with Crippen molar-refractivity contribution in [3.05, 3.63) is 12.2 Å². The van der Waals surface area contributed by atoms with E-state index in [2.05, 4.69) is 6.92 Å². The Morgan fingerprint density at radius 3 is 2.35 bits per heavy atom. The first-order chi connectivity index (χ1) is 10.7. The molecule has 0 rings (SSSR count). The van der Waals surface area contributed by atoms with Crippen LogP contribution in [0.5, 0.6) is 0 Å². The summed E-state index contributed by atoms with van der Waals surface area (Å²) in [5.41, 5.74) is 0. The lowest BCUT2D eigenvalue weighted by atomic mass is 10.1. The number of halogens is 3. The second-order valence-electron chi connectivity index (χ2n) is 5.75. The minimum Gasteiger partial charge on any atom is -0.464 e. The lowest BCUT2D eigenvalue weighted by Gasteiger charge is -2.16. The van der Waals surface area contributed by atoms with Gasteiger partial charge in [-0.05, 0) is 18.8 Å². The van der Waals surface area contributed by atoms with Gasteiger partial charge in [0, 0.05) is 0 Å². The summed E-state index contributed by atoms with van der Waals surface area (Å²) in [6.45, 7) is 5.77. The third-order valence-electron chi connectivity index (χ3n) is 2.91. The van der Waals surface area contributed by atoms with Gasteiger partial charge in [-0.15, -0.1) is 0 Å². The number of unbranched alkanes of at least 4 members (excludes halogenated alkanes) is 4. The molecular formula is C16H26F3NO3. The molecule has 4 nitrogen and oxygen atoms in total. The fraction of sp³-hybridized carbons (Fsp3) is 0.750. The van der Waals surface area contributed by atoms with Crippen LogP contribution in [0.2, 0.25) is 0 Å². The predicted octanol–water partition coefficient (Wildman–Crippen LogP) is 3.76. The van der Waals surface area contributed by atoms with Crippen LogP contribution in [0.25, 0.3) is 0 Å². The molecule has 1 atom stereocenters. The summed E-state index contributed by atoms with van der Waals surface area (Å²) in [6.07, 6.45) is 2.52. The van der Waals surface area contributed by atoms with Crippen LogP contribution >= 0.6 is 0 Å². The number of amides is 1. The second-order valence-corrected chi connectivity index (χ2v) is 5.75. The van der Waals surface area contributed by atoms with Crippen molar-refractivity contribution in [1.29, 1.82) is 0 Å². The van der Waals surface area contributed by atoms with Gasteiger partial charge in [0.25, 0.3) is 0 Å². The lowest BCUT2D eigenvalue weighted by molar-refractivity contribution is -0.175. The maximum Gasteiger partial charge on any atom is 0.471 e. The van der Waals surface area contributed by atoms with E-state index in [1.54, 1.807) is 25.2 Å². The third kappa shape index (κ3) is 10.8. The molecule has 0 spiro atoms. The Morgan fingerprint density at radius 2 is 1.83 bits per heavy atom. The van der Waals surface area contributed by atoms with Crippen molar-refractivity contribution in [1.82, 2.24) is 5.32 Å². The Balaban J connectivity index is 4.63. The Labute approximate surface area is 135 Å². The van der Waals surface area contributed by atoms with Crippen molar-refractivity contribution in [3.8, 4) is 0 Å². The molecule has 1 amide bonds. The van der Waals surface area contributed by atoms with Crippen molar-refractivity contribution in [2.75, 3.05) is 6.61 Å². The van der Waals surface area contributed by atoms with Gasteiger partial charge in [0.2, 0.25) is 0 Å². The van der Waals surface area contributed by atoms with Gasteiger partial charge >= 0.3 is 18.1 Å². The summed E-state index contributed by atoms with van der Waals surface area (Å²) in [4.78, 5) is 22.8. The van der Waals surface area contributed by atoms with Gasteiger partial charge in [-0.3, -0.25) is 4.79 Å². The SMILES string of the molecule is CCCCCC/C=C\C(NC(=O)C(F)(F)F)C(=O)OCC(C)C. The molecule has 0 radical (unpaired) electrons. The molecule has 0 saturated heterocycles. The van der Waals surface area contributed by atoms with E-state index in [-0.39, 0.29) is 12.5 Å². The van der Waals surface area contributed by atoms with Gasteiger partial charge in [-0.2, -0.15) is 13.2 Å². The van der Waals surface area contributed by atoms with E-state index in [9.17, 15) is 22.8 Å². The predicted molar refractivity (Wildman–Crippen MR) is 81.7 cm³/mol. The van der Waals surface area contributed by atoms with Gasteiger partial charge < -0.3 is 10.1 Å². The zero-order valence-corrected chi connectivity index (χ0v) is 13.9. The molecule has 0 bridgehead atoms. The Kier molecular flexibility index (Phi) is 10.3. The molecule has 1 unspecified atom stereocenters. The molecule has 1 N–H and O–H groups in total. The number of hydrogen-bond donors (Lipinski definition) is 1. The number of alkyl halides is 3. The molecule has 134 valence electrons. The summed E-state index contributed by atoms with van der Waals surface area (Å²) in [6, 6.07) is -1.42. The van der Waals surface area contributed by atoms with Crippen molar-refractivity contribution in [2.24, 2.45) is 5.92 Å².